The van der Waals surface area contributed by atoms with E-state index in [9.17, 15) is 17.4 Å². The summed E-state index contributed by atoms with van der Waals surface area (Å²) in [6, 6.07) is 9.07. The third-order valence-corrected chi connectivity index (χ3v) is 4.76. The van der Waals surface area contributed by atoms with Gasteiger partial charge in [0.25, 0.3) is 0 Å². The van der Waals surface area contributed by atoms with Crippen LogP contribution in [0.2, 0.25) is 0 Å². The Kier molecular flexibility index (Phi) is 3.88. The molecule has 0 radical (unpaired) electrons. The molecule has 124 valence electrons. The molecule has 0 spiro atoms. The Morgan fingerprint density at radius 1 is 1.00 bits per heavy atom. The minimum Gasteiger partial charge on any atom is -0.383 e. The number of hydrogen-bond acceptors (Lipinski definition) is 5. The maximum atomic E-state index is 13.1. The van der Waals surface area contributed by atoms with E-state index in [1.807, 2.05) is 0 Å². The highest BCUT2D eigenvalue weighted by Crippen LogP contribution is 2.35. The number of halogens is 3. The number of rotatable bonds is 2. The van der Waals surface area contributed by atoms with Gasteiger partial charge < -0.3 is 11.5 Å². The summed E-state index contributed by atoms with van der Waals surface area (Å²) in [5, 5.41) is 0.375. The molecule has 1 heterocycles. The molecule has 0 saturated heterocycles. The van der Waals surface area contributed by atoms with Gasteiger partial charge in [0.1, 0.15) is 5.82 Å². The first-order chi connectivity index (χ1) is 11.3. The molecule has 9 heteroatoms. The van der Waals surface area contributed by atoms with Crippen molar-refractivity contribution >= 4 is 33.5 Å². The van der Waals surface area contributed by atoms with Crippen molar-refractivity contribution in [3.63, 3.8) is 0 Å². The van der Waals surface area contributed by atoms with Gasteiger partial charge in [0, 0.05) is 10.3 Å². The molecule has 1 atom stereocenters. The van der Waals surface area contributed by atoms with Gasteiger partial charge in [-0.3, -0.25) is 0 Å². The highest BCUT2D eigenvalue weighted by molar-refractivity contribution is 7.85. The van der Waals surface area contributed by atoms with Gasteiger partial charge in [-0.15, -0.1) is 0 Å². The summed E-state index contributed by atoms with van der Waals surface area (Å²) in [5.74, 6) is 0.0525. The smallest absolute Gasteiger partial charge is 0.383 e. The lowest BCUT2D eigenvalue weighted by atomic mass is 10.2. The number of hydrogen-bond donors (Lipinski definition) is 2. The van der Waals surface area contributed by atoms with Crippen LogP contribution in [0, 0.1) is 0 Å². The van der Waals surface area contributed by atoms with E-state index in [1.54, 1.807) is 0 Å². The van der Waals surface area contributed by atoms with E-state index in [4.69, 9.17) is 11.5 Å². The van der Waals surface area contributed by atoms with Gasteiger partial charge in [-0.2, -0.15) is 18.2 Å². The van der Waals surface area contributed by atoms with Crippen molar-refractivity contribution in [1.82, 2.24) is 9.97 Å². The third kappa shape index (κ3) is 2.90. The number of aromatic nitrogens is 2. The summed E-state index contributed by atoms with van der Waals surface area (Å²) in [5.41, 5.74) is 10.7. The number of alkyl halides is 3. The number of fused-ring (bicyclic) bond motifs is 1. The molecule has 2 aromatic carbocycles. The van der Waals surface area contributed by atoms with Crippen molar-refractivity contribution < 1.29 is 17.4 Å². The number of nitrogens with zero attached hydrogens (tertiary/aromatic N) is 2. The zero-order chi connectivity index (χ0) is 17.5. The van der Waals surface area contributed by atoms with E-state index < -0.39 is 22.5 Å². The molecule has 24 heavy (non-hydrogen) atoms. The lowest BCUT2D eigenvalue weighted by Crippen LogP contribution is -2.10. The molecular formula is C15H11F3N4OS. The highest BCUT2D eigenvalue weighted by Gasteiger charge is 2.34. The molecule has 4 N–H and O–H groups in total. The SMILES string of the molecule is Nc1nc(N)c2cc(S(=O)c3ccccc3C(F)(F)F)ccc2n1. The number of nitrogen functional groups attached to an aromatic ring is 2. The number of benzene rings is 2. The summed E-state index contributed by atoms with van der Waals surface area (Å²) in [6.07, 6.45) is -4.60. The molecule has 0 amide bonds. The van der Waals surface area contributed by atoms with Crippen molar-refractivity contribution in [2.75, 3.05) is 11.5 Å². The van der Waals surface area contributed by atoms with Crippen molar-refractivity contribution in [2.45, 2.75) is 16.0 Å². The zero-order valence-corrected chi connectivity index (χ0v) is 12.9. The molecule has 0 bridgehead atoms. The molecule has 3 aromatic rings. The second-order valence-electron chi connectivity index (χ2n) is 4.91. The summed E-state index contributed by atoms with van der Waals surface area (Å²) in [7, 11) is -2.04. The second-order valence-corrected chi connectivity index (χ2v) is 6.36. The molecular weight excluding hydrogens is 341 g/mol. The van der Waals surface area contributed by atoms with Crippen LogP contribution in [-0.2, 0) is 17.0 Å². The Morgan fingerprint density at radius 2 is 1.71 bits per heavy atom. The first-order valence-electron chi connectivity index (χ1n) is 6.68. The fourth-order valence-electron chi connectivity index (χ4n) is 2.25. The van der Waals surface area contributed by atoms with E-state index in [0.717, 1.165) is 6.07 Å². The largest absolute Gasteiger partial charge is 0.417 e. The lowest BCUT2D eigenvalue weighted by Gasteiger charge is -2.12. The van der Waals surface area contributed by atoms with Crippen LogP contribution in [-0.4, -0.2) is 14.2 Å². The van der Waals surface area contributed by atoms with Gasteiger partial charge >= 0.3 is 6.18 Å². The topological polar surface area (TPSA) is 94.9 Å². The van der Waals surface area contributed by atoms with Crippen molar-refractivity contribution in [3.05, 3.63) is 48.0 Å². The summed E-state index contributed by atoms with van der Waals surface area (Å²) >= 11 is 0. The fourth-order valence-corrected chi connectivity index (χ4v) is 3.51. The molecule has 0 aliphatic heterocycles. The highest BCUT2D eigenvalue weighted by atomic mass is 32.2. The molecule has 0 aliphatic rings. The zero-order valence-electron chi connectivity index (χ0n) is 12.0. The average molecular weight is 352 g/mol. The van der Waals surface area contributed by atoms with E-state index in [1.165, 1.54) is 36.4 Å². The minimum atomic E-state index is -4.60. The van der Waals surface area contributed by atoms with Gasteiger partial charge in [0.15, 0.2) is 0 Å². The monoisotopic (exact) mass is 352 g/mol. The summed E-state index contributed by atoms with van der Waals surface area (Å²) in [6.45, 7) is 0. The number of nitrogens with two attached hydrogens (primary N) is 2. The molecule has 0 saturated carbocycles. The van der Waals surface area contributed by atoms with Crippen LogP contribution in [0.1, 0.15) is 5.56 Å². The van der Waals surface area contributed by atoms with Gasteiger partial charge in [0.05, 0.1) is 26.8 Å². The quantitative estimate of drug-likeness (QED) is 0.739. The van der Waals surface area contributed by atoms with E-state index in [2.05, 4.69) is 9.97 Å². The van der Waals surface area contributed by atoms with Gasteiger partial charge in [-0.25, -0.2) is 9.19 Å². The molecule has 1 aromatic heterocycles. The Bertz CT molecular complexity index is 959. The second kappa shape index (κ2) is 5.75. The average Bonchev–Trinajstić information content (AvgIpc) is 2.53. The molecule has 3 rings (SSSR count). The van der Waals surface area contributed by atoms with Crippen LogP contribution < -0.4 is 11.5 Å². The molecule has 0 fully saturated rings. The van der Waals surface area contributed by atoms with Crippen LogP contribution in [0.5, 0.6) is 0 Å². The first kappa shape index (κ1) is 16.2. The first-order valence-corrected chi connectivity index (χ1v) is 7.83. The predicted molar refractivity (Wildman–Crippen MR) is 84.5 cm³/mol. The van der Waals surface area contributed by atoms with E-state index >= 15 is 0 Å². The molecule has 0 aliphatic carbocycles. The fraction of sp³-hybridized carbons (Fsp3) is 0.0667. The van der Waals surface area contributed by atoms with E-state index in [0.29, 0.717) is 10.9 Å². The van der Waals surface area contributed by atoms with Crippen LogP contribution >= 0.6 is 0 Å². The van der Waals surface area contributed by atoms with Gasteiger partial charge in [-0.05, 0) is 30.3 Å². The van der Waals surface area contributed by atoms with Crippen LogP contribution in [0.25, 0.3) is 10.9 Å². The lowest BCUT2D eigenvalue weighted by molar-refractivity contribution is -0.139. The Hall–Kier alpha value is -2.68. The molecule has 5 nitrogen and oxygen atoms in total. The van der Waals surface area contributed by atoms with Crippen molar-refractivity contribution in [3.8, 4) is 0 Å². The Morgan fingerprint density at radius 3 is 2.42 bits per heavy atom. The normalized spacial score (nSPS) is 13.1. The van der Waals surface area contributed by atoms with Crippen LogP contribution in [0.15, 0.2) is 52.3 Å². The Labute approximate surface area is 137 Å². The predicted octanol–water partition coefficient (Wildman–Crippen LogP) is 2.98. The van der Waals surface area contributed by atoms with Gasteiger partial charge in [0.2, 0.25) is 5.95 Å². The summed E-state index contributed by atoms with van der Waals surface area (Å²) in [4.78, 5) is 7.62. The molecule has 1 unspecified atom stereocenters. The summed E-state index contributed by atoms with van der Waals surface area (Å²) < 4.78 is 51.9. The van der Waals surface area contributed by atoms with Crippen molar-refractivity contribution in [2.24, 2.45) is 0 Å². The van der Waals surface area contributed by atoms with Gasteiger partial charge in [-0.1, -0.05) is 12.1 Å². The minimum absolute atomic E-state index is 0.0173. The van der Waals surface area contributed by atoms with E-state index in [-0.39, 0.29) is 21.6 Å². The standard InChI is InChI=1S/C15H11F3N4OS/c16-15(17,18)10-3-1-2-4-12(10)24(23)8-5-6-11-9(7-8)13(19)22-14(20)21-11/h1-7H,(H4,19,20,21,22). The number of anilines is 2. The Balaban J connectivity index is 2.14. The maximum absolute atomic E-state index is 13.1. The maximum Gasteiger partial charge on any atom is 0.417 e. The van der Waals surface area contributed by atoms with Crippen LogP contribution in [0.3, 0.4) is 0 Å². The van der Waals surface area contributed by atoms with Crippen LogP contribution in [0.4, 0.5) is 24.9 Å². The van der Waals surface area contributed by atoms with Crippen molar-refractivity contribution in [1.29, 1.82) is 0 Å². The third-order valence-electron chi connectivity index (χ3n) is 3.32.